The molecule has 1 N–H and O–H groups in total. The van der Waals surface area contributed by atoms with Gasteiger partial charge in [0.25, 0.3) is 5.91 Å². The third-order valence-corrected chi connectivity index (χ3v) is 6.41. The summed E-state index contributed by atoms with van der Waals surface area (Å²) in [7, 11) is 1.36. The van der Waals surface area contributed by atoms with Crippen molar-refractivity contribution in [2.45, 2.75) is 40.0 Å². The Bertz CT molecular complexity index is 1000. The molecule has 2 aromatic carbocycles. The molecule has 0 spiro atoms. The van der Waals surface area contributed by atoms with E-state index in [2.05, 4.69) is 35.3 Å². The summed E-state index contributed by atoms with van der Waals surface area (Å²) in [5, 5.41) is 2.77. The highest BCUT2D eigenvalue weighted by atomic mass is 16.5. The molecule has 0 bridgehead atoms. The number of benzene rings is 2. The molecule has 2 aromatic rings. The number of ether oxygens (including phenoxy) is 1. The molecule has 0 aromatic heterocycles. The first-order chi connectivity index (χ1) is 16.5. The van der Waals surface area contributed by atoms with E-state index in [1.165, 1.54) is 18.3 Å². The number of likely N-dealkylation sites (tertiary alicyclic amines) is 1. The minimum absolute atomic E-state index is 0.0582. The summed E-state index contributed by atoms with van der Waals surface area (Å²) in [6.45, 7) is 10.8. The number of rotatable bonds is 8. The van der Waals surface area contributed by atoms with Gasteiger partial charge in [0.05, 0.1) is 7.11 Å². The van der Waals surface area contributed by atoms with Crippen molar-refractivity contribution in [3.05, 3.63) is 70.8 Å². The Morgan fingerprint density at radius 2 is 1.59 bits per heavy atom. The molecule has 34 heavy (non-hydrogen) atoms. The van der Waals surface area contributed by atoms with Gasteiger partial charge >= 0.3 is 6.09 Å². The van der Waals surface area contributed by atoms with Crippen LogP contribution in [0.2, 0.25) is 0 Å². The number of anilines is 1. The van der Waals surface area contributed by atoms with Gasteiger partial charge in [0, 0.05) is 37.4 Å². The average Bonchev–Trinajstić information content (AvgIpc) is 2.86. The van der Waals surface area contributed by atoms with Crippen molar-refractivity contribution in [3.8, 4) is 0 Å². The number of piperidine rings is 1. The number of carbonyl (C=O) groups excluding carboxylic acids is 2. The maximum Gasteiger partial charge on any atom is 0.411 e. The van der Waals surface area contributed by atoms with E-state index in [9.17, 15) is 9.59 Å². The van der Waals surface area contributed by atoms with Crippen LogP contribution in [0.4, 0.5) is 10.5 Å². The standard InChI is InChI=1S/C28H37N3O3/c1-5-17-30-18-15-22(16-19-30)26(24-9-8-10-25(20-24)29-28(33)34-4)21-11-13-23(14-12-21)27(32)31(6-2)7-3/h8-14,20H,5-7,15-19H2,1-4H3,(H,29,33). The fourth-order valence-electron chi connectivity index (χ4n) is 4.58. The van der Waals surface area contributed by atoms with Crippen molar-refractivity contribution >= 4 is 23.3 Å². The highest BCUT2D eigenvalue weighted by molar-refractivity contribution is 5.95. The minimum Gasteiger partial charge on any atom is -0.453 e. The molecule has 1 aliphatic heterocycles. The number of amides is 2. The first-order valence-electron chi connectivity index (χ1n) is 12.3. The summed E-state index contributed by atoms with van der Waals surface area (Å²) in [6, 6.07) is 15.9. The Morgan fingerprint density at radius 1 is 0.941 bits per heavy atom. The summed E-state index contributed by atoms with van der Waals surface area (Å²) < 4.78 is 4.76. The summed E-state index contributed by atoms with van der Waals surface area (Å²) in [5.74, 6) is 0.0582. The van der Waals surface area contributed by atoms with Crippen LogP contribution in [0.25, 0.3) is 5.57 Å². The molecule has 0 aliphatic carbocycles. The van der Waals surface area contributed by atoms with Crippen LogP contribution < -0.4 is 5.32 Å². The fourth-order valence-corrected chi connectivity index (χ4v) is 4.58. The van der Waals surface area contributed by atoms with E-state index in [-0.39, 0.29) is 5.91 Å². The van der Waals surface area contributed by atoms with E-state index in [1.807, 2.05) is 49.1 Å². The van der Waals surface area contributed by atoms with Crippen LogP contribution in [-0.2, 0) is 4.74 Å². The molecule has 3 rings (SSSR count). The zero-order valence-electron chi connectivity index (χ0n) is 20.9. The normalized spacial score (nSPS) is 13.9. The van der Waals surface area contributed by atoms with Crippen LogP contribution in [0.15, 0.2) is 54.1 Å². The maximum atomic E-state index is 12.8. The van der Waals surface area contributed by atoms with Crippen molar-refractivity contribution in [3.63, 3.8) is 0 Å². The summed E-state index contributed by atoms with van der Waals surface area (Å²) in [4.78, 5) is 28.9. The molecule has 0 atom stereocenters. The van der Waals surface area contributed by atoms with E-state index in [4.69, 9.17) is 4.74 Å². The zero-order chi connectivity index (χ0) is 24.5. The van der Waals surface area contributed by atoms with Gasteiger partial charge in [0.1, 0.15) is 0 Å². The molecule has 1 aliphatic rings. The Hall–Kier alpha value is -3.12. The first-order valence-corrected chi connectivity index (χ1v) is 12.3. The molecule has 0 saturated carbocycles. The third-order valence-electron chi connectivity index (χ3n) is 6.41. The highest BCUT2D eigenvalue weighted by Crippen LogP contribution is 2.34. The van der Waals surface area contributed by atoms with E-state index in [0.717, 1.165) is 50.0 Å². The molecule has 6 nitrogen and oxygen atoms in total. The van der Waals surface area contributed by atoms with Gasteiger partial charge in [-0.3, -0.25) is 10.1 Å². The minimum atomic E-state index is -0.488. The second-order valence-electron chi connectivity index (χ2n) is 8.57. The van der Waals surface area contributed by atoms with Crippen LogP contribution in [0.3, 0.4) is 0 Å². The van der Waals surface area contributed by atoms with Crippen molar-refractivity contribution in [1.29, 1.82) is 0 Å². The number of nitrogens with one attached hydrogen (secondary N) is 1. The molecule has 182 valence electrons. The van der Waals surface area contributed by atoms with Gasteiger partial charge in [-0.15, -0.1) is 0 Å². The number of carbonyl (C=O) groups is 2. The molecule has 0 radical (unpaired) electrons. The Labute approximate surface area is 203 Å². The predicted octanol–water partition coefficient (Wildman–Crippen LogP) is 5.65. The van der Waals surface area contributed by atoms with Gasteiger partial charge in [0.15, 0.2) is 0 Å². The zero-order valence-corrected chi connectivity index (χ0v) is 20.9. The largest absolute Gasteiger partial charge is 0.453 e. The Kier molecular flexibility index (Phi) is 9.28. The lowest BCUT2D eigenvalue weighted by Crippen LogP contribution is -2.31. The smallest absolute Gasteiger partial charge is 0.411 e. The van der Waals surface area contributed by atoms with Crippen molar-refractivity contribution < 1.29 is 14.3 Å². The van der Waals surface area contributed by atoms with E-state index in [1.54, 1.807) is 0 Å². The van der Waals surface area contributed by atoms with Crippen molar-refractivity contribution in [2.24, 2.45) is 0 Å². The third kappa shape index (κ3) is 6.26. The van der Waals surface area contributed by atoms with Crippen LogP contribution >= 0.6 is 0 Å². The van der Waals surface area contributed by atoms with E-state index in [0.29, 0.717) is 24.3 Å². The topological polar surface area (TPSA) is 61.9 Å². The van der Waals surface area contributed by atoms with Crippen LogP contribution in [0, 0.1) is 0 Å². The van der Waals surface area contributed by atoms with Gasteiger partial charge in [-0.25, -0.2) is 4.79 Å². The molecular weight excluding hydrogens is 426 g/mol. The van der Waals surface area contributed by atoms with Crippen LogP contribution in [-0.4, -0.2) is 61.6 Å². The molecule has 1 fully saturated rings. The summed E-state index contributed by atoms with van der Waals surface area (Å²) in [6.07, 6.45) is 2.68. The van der Waals surface area contributed by atoms with E-state index >= 15 is 0 Å². The SMILES string of the molecule is CCCN1CCC(=C(c2ccc(C(=O)N(CC)CC)cc2)c2cccc(NC(=O)OC)c2)CC1. The molecule has 6 heteroatoms. The summed E-state index contributed by atoms with van der Waals surface area (Å²) in [5.41, 5.74) is 6.13. The van der Waals surface area contributed by atoms with E-state index < -0.39 is 6.09 Å². The second-order valence-corrected chi connectivity index (χ2v) is 8.57. The van der Waals surface area contributed by atoms with Gasteiger partial charge in [-0.1, -0.05) is 36.8 Å². The van der Waals surface area contributed by atoms with Gasteiger partial charge < -0.3 is 14.5 Å². The van der Waals surface area contributed by atoms with Gasteiger partial charge in [-0.05, 0) is 80.6 Å². The lowest BCUT2D eigenvalue weighted by molar-refractivity contribution is 0.0773. The molecule has 2 amide bonds. The van der Waals surface area contributed by atoms with Crippen molar-refractivity contribution in [2.75, 3.05) is 45.2 Å². The second kappa shape index (κ2) is 12.4. The lowest BCUT2D eigenvalue weighted by atomic mass is 9.87. The van der Waals surface area contributed by atoms with Crippen molar-refractivity contribution in [1.82, 2.24) is 9.80 Å². The maximum absolute atomic E-state index is 12.8. The van der Waals surface area contributed by atoms with Crippen LogP contribution in [0.1, 0.15) is 61.5 Å². The highest BCUT2D eigenvalue weighted by Gasteiger charge is 2.20. The fraction of sp³-hybridized carbons (Fsp3) is 0.429. The molecule has 1 heterocycles. The Balaban J connectivity index is 1.98. The van der Waals surface area contributed by atoms with Gasteiger partial charge in [-0.2, -0.15) is 0 Å². The number of hydrogen-bond acceptors (Lipinski definition) is 4. The monoisotopic (exact) mass is 463 g/mol. The van der Waals surface area contributed by atoms with Crippen LogP contribution in [0.5, 0.6) is 0 Å². The average molecular weight is 464 g/mol. The van der Waals surface area contributed by atoms with Gasteiger partial charge in [0.2, 0.25) is 0 Å². The molecule has 1 saturated heterocycles. The lowest BCUT2D eigenvalue weighted by Gasteiger charge is -2.30. The predicted molar refractivity (Wildman–Crippen MR) is 138 cm³/mol. The quantitative estimate of drug-likeness (QED) is 0.549. The number of nitrogens with zero attached hydrogens (tertiary/aromatic N) is 2. The summed E-state index contributed by atoms with van der Waals surface area (Å²) >= 11 is 0. The number of hydrogen-bond donors (Lipinski definition) is 1. The molecular formula is C28H37N3O3. The molecule has 0 unspecified atom stereocenters. The first kappa shape index (κ1) is 25.5. The Morgan fingerprint density at radius 3 is 2.18 bits per heavy atom. The number of methoxy groups -OCH3 is 1.